The number of amides is 2. The molecule has 0 radical (unpaired) electrons. The number of carbonyl (C=O) groups excluding carboxylic acids is 2. The molecule has 8 heteroatoms. The summed E-state index contributed by atoms with van der Waals surface area (Å²) in [5.74, 6) is -0.621. The summed E-state index contributed by atoms with van der Waals surface area (Å²) in [6.07, 6.45) is 1.04. The van der Waals surface area contributed by atoms with Crippen molar-refractivity contribution in [2.75, 3.05) is 11.9 Å². The highest BCUT2D eigenvalue weighted by atomic mass is 32.2. The Morgan fingerprint density at radius 3 is 2.42 bits per heavy atom. The number of hydrogen-bond acceptors (Lipinski definition) is 5. The molecule has 26 heavy (non-hydrogen) atoms. The first kappa shape index (κ1) is 17.9. The fourth-order valence-corrected chi connectivity index (χ4v) is 4.37. The van der Waals surface area contributed by atoms with Crippen molar-refractivity contribution >= 4 is 27.5 Å². The van der Waals surface area contributed by atoms with Crippen molar-refractivity contribution in [2.24, 2.45) is 0 Å². The van der Waals surface area contributed by atoms with Gasteiger partial charge in [0.1, 0.15) is 10.6 Å². The van der Waals surface area contributed by atoms with Crippen LogP contribution in [0.5, 0.6) is 5.75 Å². The Labute approximate surface area is 151 Å². The molecule has 3 rings (SSSR count). The Morgan fingerprint density at radius 1 is 1.04 bits per heavy atom. The second-order valence-corrected chi connectivity index (χ2v) is 7.76. The van der Waals surface area contributed by atoms with Crippen molar-refractivity contribution in [1.29, 1.82) is 0 Å². The molecule has 2 N–H and O–H groups in total. The number of unbranched alkanes of at least 4 members (excludes halogenated alkanes) is 1. The lowest BCUT2D eigenvalue weighted by molar-refractivity contribution is -0.116. The fourth-order valence-electron chi connectivity index (χ4n) is 2.76. The molecule has 7 nitrogen and oxygen atoms in total. The summed E-state index contributed by atoms with van der Waals surface area (Å²) in [4.78, 5) is 24.2. The number of nitrogens with zero attached hydrogens (tertiary/aromatic N) is 1. The van der Waals surface area contributed by atoms with Crippen LogP contribution in [-0.4, -0.2) is 36.2 Å². The molecule has 0 atom stereocenters. The van der Waals surface area contributed by atoms with Gasteiger partial charge < -0.3 is 10.4 Å². The molecule has 0 spiro atoms. The zero-order valence-electron chi connectivity index (χ0n) is 13.9. The molecule has 0 fully saturated rings. The lowest BCUT2D eigenvalue weighted by atomic mass is 10.2. The van der Waals surface area contributed by atoms with Crippen LogP contribution in [-0.2, 0) is 14.8 Å². The largest absolute Gasteiger partial charge is 0.508 e. The van der Waals surface area contributed by atoms with E-state index in [1.807, 2.05) is 0 Å². The summed E-state index contributed by atoms with van der Waals surface area (Å²) >= 11 is 0. The molecule has 2 amide bonds. The number of anilines is 1. The number of sulfonamides is 1. The molecule has 2 aromatic carbocycles. The summed E-state index contributed by atoms with van der Waals surface area (Å²) in [7, 11) is -3.79. The van der Waals surface area contributed by atoms with Gasteiger partial charge in [0.25, 0.3) is 15.9 Å². The molecule has 2 aromatic rings. The van der Waals surface area contributed by atoms with Gasteiger partial charge in [-0.3, -0.25) is 9.59 Å². The van der Waals surface area contributed by atoms with Crippen molar-refractivity contribution in [1.82, 2.24) is 4.31 Å². The van der Waals surface area contributed by atoms with Gasteiger partial charge in [0.05, 0.1) is 5.56 Å². The van der Waals surface area contributed by atoms with E-state index in [1.165, 1.54) is 24.3 Å². The van der Waals surface area contributed by atoms with E-state index in [0.717, 1.165) is 4.31 Å². The molecule has 0 saturated carbocycles. The molecule has 1 aliphatic rings. The highest BCUT2D eigenvalue weighted by Crippen LogP contribution is 2.30. The lowest BCUT2D eigenvalue weighted by Gasteiger charge is -2.14. The normalized spacial score (nSPS) is 14.9. The number of phenols is 1. The van der Waals surface area contributed by atoms with E-state index in [2.05, 4.69) is 5.32 Å². The molecule has 1 aliphatic heterocycles. The molecule has 0 aliphatic carbocycles. The second kappa shape index (κ2) is 7.17. The maximum atomic E-state index is 12.4. The van der Waals surface area contributed by atoms with E-state index in [9.17, 15) is 23.1 Å². The Balaban J connectivity index is 1.50. The van der Waals surface area contributed by atoms with Gasteiger partial charge >= 0.3 is 0 Å². The quantitative estimate of drug-likeness (QED) is 0.597. The van der Waals surface area contributed by atoms with E-state index in [-0.39, 0.29) is 35.1 Å². The van der Waals surface area contributed by atoms with Crippen LogP contribution < -0.4 is 5.32 Å². The van der Waals surface area contributed by atoms with Crippen LogP contribution in [0.4, 0.5) is 5.69 Å². The third kappa shape index (κ3) is 3.55. The SMILES string of the molecule is O=C(CCCCN1C(=O)c2ccccc2S1(=O)=O)Nc1ccc(O)cc1. The molecule has 0 aromatic heterocycles. The van der Waals surface area contributed by atoms with Crippen molar-refractivity contribution in [3.05, 3.63) is 54.1 Å². The second-order valence-electron chi connectivity index (χ2n) is 5.93. The van der Waals surface area contributed by atoms with Crippen LogP contribution in [0.15, 0.2) is 53.4 Å². The van der Waals surface area contributed by atoms with Crippen molar-refractivity contribution in [2.45, 2.75) is 24.2 Å². The summed E-state index contributed by atoms with van der Waals surface area (Å²) in [6, 6.07) is 12.2. The first-order valence-electron chi connectivity index (χ1n) is 8.14. The highest BCUT2D eigenvalue weighted by Gasteiger charge is 2.40. The molecule has 0 saturated heterocycles. The van der Waals surface area contributed by atoms with Crippen LogP contribution in [0, 0.1) is 0 Å². The number of rotatable bonds is 6. The first-order valence-corrected chi connectivity index (χ1v) is 9.58. The number of nitrogens with one attached hydrogen (secondary N) is 1. The minimum Gasteiger partial charge on any atom is -0.508 e. The van der Waals surface area contributed by atoms with Gasteiger partial charge in [-0.1, -0.05) is 12.1 Å². The Bertz CT molecular complexity index is 938. The monoisotopic (exact) mass is 374 g/mol. The van der Waals surface area contributed by atoms with Gasteiger partial charge in [-0.2, -0.15) is 0 Å². The Kier molecular flexibility index (Phi) is 4.94. The zero-order chi connectivity index (χ0) is 18.7. The highest BCUT2D eigenvalue weighted by molar-refractivity contribution is 7.90. The average Bonchev–Trinajstić information content (AvgIpc) is 2.81. The van der Waals surface area contributed by atoms with Gasteiger partial charge in [-0.25, -0.2) is 12.7 Å². The minimum atomic E-state index is -3.79. The van der Waals surface area contributed by atoms with Crippen molar-refractivity contribution in [3.63, 3.8) is 0 Å². The van der Waals surface area contributed by atoms with Gasteiger partial charge in [-0.05, 0) is 49.2 Å². The topological polar surface area (TPSA) is 104 Å². The summed E-state index contributed by atoms with van der Waals surface area (Å²) in [6.45, 7) is 0.0440. The number of aromatic hydroxyl groups is 1. The number of carbonyl (C=O) groups is 2. The van der Waals surface area contributed by atoms with E-state index in [0.29, 0.717) is 18.5 Å². The third-order valence-corrected chi connectivity index (χ3v) is 5.92. The summed E-state index contributed by atoms with van der Waals surface area (Å²) in [5.41, 5.74) is 0.762. The Hall–Kier alpha value is -2.87. The summed E-state index contributed by atoms with van der Waals surface area (Å²) in [5, 5.41) is 11.9. The number of fused-ring (bicyclic) bond motifs is 1. The zero-order valence-corrected chi connectivity index (χ0v) is 14.7. The lowest BCUT2D eigenvalue weighted by Crippen LogP contribution is -2.31. The van der Waals surface area contributed by atoms with Gasteiger partial charge in [0.15, 0.2) is 0 Å². The molecule has 0 unspecified atom stereocenters. The Morgan fingerprint density at radius 2 is 1.73 bits per heavy atom. The first-order chi connectivity index (χ1) is 12.4. The van der Waals surface area contributed by atoms with Crippen LogP contribution in [0.1, 0.15) is 29.6 Å². The van der Waals surface area contributed by atoms with E-state index < -0.39 is 15.9 Å². The predicted octanol–water partition coefficient (Wildman–Crippen LogP) is 2.35. The maximum Gasteiger partial charge on any atom is 0.269 e. The molecule has 1 heterocycles. The standard InChI is InChI=1S/C18H18N2O5S/c21-14-10-8-13(9-11-14)19-17(22)7-3-4-12-20-18(23)15-5-1-2-6-16(15)26(20,24)25/h1-2,5-6,8-11,21H,3-4,7,12H2,(H,19,22). The van der Waals surface area contributed by atoms with E-state index in [1.54, 1.807) is 24.3 Å². The van der Waals surface area contributed by atoms with E-state index in [4.69, 9.17) is 0 Å². The smallest absolute Gasteiger partial charge is 0.269 e. The van der Waals surface area contributed by atoms with Crippen molar-refractivity contribution < 1.29 is 23.1 Å². The molecule has 0 bridgehead atoms. The van der Waals surface area contributed by atoms with Gasteiger partial charge in [-0.15, -0.1) is 0 Å². The molecule has 136 valence electrons. The van der Waals surface area contributed by atoms with Crippen LogP contribution in [0.3, 0.4) is 0 Å². The molecular weight excluding hydrogens is 356 g/mol. The van der Waals surface area contributed by atoms with Gasteiger partial charge in [0.2, 0.25) is 5.91 Å². The van der Waals surface area contributed by atoms with Crippen molar-refractivity contribution in [3.8, 4) is 5.75 Å². The van der Waals surface area contributed by atoms with Crippen LogP contribution >= 0.6 is 0 Å². The fraction of sp³-hybridized carbons (Fsp3) is 0.222. The summed E-state index contributed by atoms with van der Waals surface area (Å²) < 4.78 is 25.7. The number of phenolic OH excluding ortho intramolecular Hbond substituents is 1. The molecular formula is C18H18N2O5S. The number of benzene rings is 2. The average molecular weight is 374 g/mol. The minimum absolute atomic E-state index is 0.0371. The van der Waals surface area contributed by atoms with Gasteiger partial charge in [0, 0.05) is 18.7 Å². The maximum absolute atomic E-state index is 12.4. The van der Waals surface area contributed by atoms with E-state index >= 15 is 0 Å². The van der Waals surface area contributed by atoms with Crippen LogP contribution in [0.25, 0.3) is 0 Å². The van der Waals surface area contributed by atoms with Crippen LogP contribution in [0.2, 0.25) is 0 Å². The third-order valence-electron chi connectivity index (χ3n) is 4.08. The number of hydrogen-bond donors (Lipinski definition) is 2. The predicted molar refractivity (Wildman–Crippen MR) is 95.3 cm³/mol.